The average molecular weight is 175 g/mol. The summed E-state index contributed by atoms with van der Waals surface area (Å²) in [6.45, 7) is 1.94. The Morgan fingerprint density at radius 2 is 2.31 bits per heavy atom. The molecule has 0 spiro atoms. The lowest BCUT2D eigenvalue weighted by molar-refractivity contribution is 0.414. The standard InChI is InChI=1S/C11H13NO/c1-13-11-4-2-3-9(7-11)10-5-6-12-8-10/h2-5,7,12H,6,8H2,1H3. The molecule has 0 saturated carbocycles. The van der Waals surface area contributed by atoms with Gasteiger partial charge in [0.2, 0.25) is 0 Å². The van der Waals surface area contributed by atoms with E-state index in [0.717, 1.165) is 18.8 Å². The van der Waals surface area contributed by atoms with Crippen LogP contribution in [-0.2, 0) is 0 Å². The number of benzene rings is 1. The molecule has 1 N–H and O–H groups in total. The van der Waals surface area contributed by atoms with Crippen LogP contribution in [0.1, 0.15) is 5.56 Å². The summed E-state index contributed by atoms with van der Waals surface area (Å²) in [6.07, 6.45) is 2.22. The highest BCUT2D eigenvalue weighted by atomic mass is 16.5. The van der Waals surface area contributed by atoms with Crippen LogP contribution in [0.2, 0.25) is 0 Å². The van der Waals surface area contributed by atoms with Crippen molar-refractivity contribution in [1.82, 2.24) is 5.32 Å². The van der Waals surface area contributed by atoms with Crippen LogP contribution >= 0.6 is 0 Å². The number of ether oxygens (including phenoxy) is 1. The monoisotopic (exact) mass is 175 g/mol. The highest BCUT2D eigenvalue weighted by molar-refractivity contribution is 5.69. The second-order valence-electron chi connectivity index (χ2n) is 3.09. The zero-order valence-corrected chi connectivity index (χ0v) is 7.71. The topological polar surface area (TPSA) is 21.3 Å². The molecule has 2 heteroatoms. The van der Waals surface area contributed by atoms with Crippen molar-refractivity contribution in [3.63, 3.8) is 0 Å². The molecule has 1 aliphatic rings. The summed E-state index contributed by atoms with van der Waals surface area (Å²) in [5.74, 6) is 0.922. The Kier molecular flexibility index (Phi) is 2.32. The normalized spacial score (nSPS) is 15.6. The first-order chi connectivity index (χ1) is 6.40. The van der Waals surface area contributed by atoms with E-state index >= 15 is 0 Å². The maximum atomic E-state index is 5.17. The number of hydrogen-bond acceptors (Lipinski definition) is 2. The van der Waals surface area contributed by atoms with Gasteiger partial charge in [-0.15, -0.1) is 0 Å². The van der Waals surface area contributed by atoms with Crippen molar-refractivity contribution in [3.8, 4) is 5.75 Å². The molecule has 1 aliphatic heterocycles. The molecule has 0 atom stereocenters. The van der Waals surface area contributed by atoms with Gasteiger partial charge in [-0.2, -0.15) is 0 Å². The van der Waals surface area contributed by atoms with Crippen LogP contribution in [0.4, 0.5) is 0 Å². The lowest BCUT2D eigenvalue weighted by Crippen LogP contribution is -2.07. The van der Waals surface area contributed by atoms with Gasteiger partial charge in [0, 0.05) is 13.1 Å². The van der Waals surface area contributed by atoms with Gasteiger partial charge < -0.3 is 10.1 Å². The van der Waals surface area contributed by atoms with E-state index in [2.05, 4.69) is 23.5 Å². The SMILES string of the molecule is COc1cccc(C2=CCNC2)c1. The largest absolute Gasteiger partial charge is 0.497 e. The Bertz CT molecular complexity index is 331. The van der Waals surface area contributed by atoms with Gasteiger partial charge in [-0.25, -0.2) is 0 Å². The van der Waals surface area contributed by atoms with Crippen molar-refractivity contribution in [2.75, 3.05) is 20.2 Å². The number of methoxy groups -OCH3 is 1. The maximum Gasteiger partial charge on any atom is 0.119 e. The van der Waals surface area contributed by atoms with Crippen molar-refractivity contribution in [2.24, 2.45) is 0 Å². The first-order valence-electron chi connectivity index (χ1n) is 4.44. The summed E-state index contributed by atoms with van der Waals surface area (Å²) >= 11 is 0. The van der Waals surface area contributed by atoms with Crippen LogP contribution in [0.25, 0.3) is 5.57 Å². The average Bonchev–Trinajstić information content (AvgIpc) is 2.71. The molecule has 0 aromatic heterocycles. The molecule has 0 aliphatic carbocycles. The highest BCUT2D eigenvalue weighted by Gasteiger charge is 2.06. The maximum absolute atomic E-state index is 5.17. The van der Waals surface area contributed by atoms with Crippen LogP contribution in [-0.4, -0.2) is 20.2 Å². The van der Waals surface area contributed by atoms with Crippen LogP contribution in [0.5, 0.6) is 5.75 Å². The molecule has 1 heterocycles. The quantitative estimate of drug-likeness (QED) is 0.738. The van der Waals surface area contributed by atoms with Gasteiger partial charge in [0.05, 0.1) is 7.11 Å². The van der Waals surface area contributed by atoms with E-state index < -0.39 is 0 Å². The summed E-state index contributed by atoms with van der Waals surface area (Å²) in [5, 5.41) is 3.27. The first-order valence-corrected chi connectivity index (χ1v) is 4.44. The van der Waals surface area contributed by atoms with Gasteiger partial charge in [-0.05, 0) is 23.3 Å². The first kappa shape index (κ1) is 8.32. The summed E-state index contributed by atoms with van der Waals surface area (Å²) in [6, 6.07) is 8.17. The molecule has 0 amide bonds. The fourth-order valence-electron chi connectivity index (χ4n) is 1.52. The minimum absolute atomic E-state index is 0.922. The third kappa shape index (κ3) is 1.73. The van der Waals surface area contributed by atoms with Crippen LogP contribution < -0.4 is 10.1 Å². The van der Waals surface area contributed by atoms with Crippen molar-refractivity contribution in [2.45, 2.75) is 0 Å². The second kappa shape index (κ2) is 3.62. The molecule has 0 saturated heterocycles. The van der Waals surface area contributed by atoms with Gasteiger partial charge in [0.25, 0.3) is 0 Å². The van der Waals surface area contributed by atoms with Gasteiger partial charge >= 0.3 is 0 Å². The Labute approximate surface area is 78.2 Å². The van der Waals surface area contributed by atoms with Gasteiger partial charge in [0.1, 0.15) is 5.75 Å². The van der Waals surface area contributed by atoms with Crippen molar-refractivity contribution in [3.05, 3.63) is 35.9 Å². The van der Waals surface area contributed by atoms with Crippen LogP contribution in [0.15, 0.2) is 30.3 Å². The lowest BCUT2D eigenvalue weighted by atomic mass is 10.1. The van der Waals surface area contributed by atoms with E-state index in [9.17, 15) is 0 Å². The summed E-state index contributed by atoms with van der Waals surface area (Å²) in [5.41, 5.74) is 2.61. The molecule has 0 radical (unpaired) electrons. The van der Waals surface area contributed by atoms with Crippen LogP contribution in [0, 0.1) is 0 Å². The minimum Gasteiger partial charge on any atom is -0.497 e. The van der Waals surface area contributed by atoms with Gasteiger partial charge in [0.15, 0.2) is 0 Å². The molecule has 1 aromatic rings. The van der Waals surface area contributed by atoms with E-state index in [1.807, 2.05) is 12.1 Å². The molecule has 68 valence electrons. The molecular formula is C11H13NO. The van der Waals surface area contributed by atoms with Gasteiger partial charge in [-0.1, -0.05) is 18.2 Å². The zero-order valence-electron chi connectivity index (χ0n) is 7.71. The Hall–Kier alpha value is -1.28. The molecule has 0 unspecified atom stereocenters. The highest BCUT2D eigenvalue weighted by Crippen LogP contribution is 2.20. The summed E-state index contributed by atoms with van der Waals surface area (Å²) in [7, 11) is 1.69. The van der Waals surface area contributed by atoms with Crippen molar-refractivity contribution in [1.29, 1.82) is 0 Å². The van der Waals surface area contributed by atoms with E-state index in [1.165, 1.54) is 11.1 Å². The molecule has 1 aromatic carbocycles. The molecule has 2 rings (SSSR count). The zero-order chi connectivity index (χ0) is 9.10. The number of rotatable bonds is 2. The lowest BCUT2D eigenvalue weighted by Gasteiger charge is -2.04. The van der Waals surface area contributed by atoms with Crippen molar-refractivity contribution < 1.29 is 4.74 Å². The Balaban J connectivity index is 2.29. The summed E-state index contributed by atoms with van der Waals surface area (Å²) < 4.78 is 5.17. The number of hydrogen-bond donors (Lipinski definition) is 1. The smallest absolute Gasteiger partial charge is 0.119 e. The predicted molar refractivity (Wildman–Crippen MR) is 53.8 cm³/mol. The predicted octanol–water partition coefficient (Wildman–Crippen LogP) is 1.68. The van der Waals surface area contributed by atoms with Crippen LogP contribution in [0.3, 0.4) is 0 Å². The van der Waals surface area contributed by atoms with E-state index in [1.54, 1.807) is 7.11 Å². The molecular weight excluding hydrogens is 162 g/mol. The fraction of sp³-hybridized carbons (Fsp3) is 0.273. The minimum atomic E-state index is 0.922. The number of nitrogens with one attached hydrogen (secondary N) is 1. The molecule has 0 fully saturated rings. The van der Waals surface area contributed by atoms with Crippen molar-refractivity contribution >= 4 is 5.57 Å². The van der Waals surface area contributed by atoms with E-state index in [0.29, 0.717) is 0 Å². The Morgan fingerprint density at radius 3 is 3.00 bits per heavy atom. The molecule has 13 heavy (non-hydrogen) atoms. The third-order valence-electron chi connectivity index (χ3n) is 2.25. The molecule has 2 nitrogen and oxygen atoms in total. The van der Waals surface area contributed by atoms with E-state index in [4.69, 9.17) is 4.74 Å². The summed E-state index contributed by atoms with van der Waals surface area (Å²) in [4.78, 5) is 0. The fourth-order valence-corrected chi connectivity index (χ4v) is 1.52. The molecule has 0 bridgehead atoms. The second-order valence-corrected chi connectivity index (χ2v) is 3.09. The van der Waals surface area contributed by atoms with Gasteiger partial charge in [-0.3, -0.25) is 0 Å². The third-order valence-corrected chi connectivity index (χ3v) is 2.25. The Morgan fingerprint density at radius 1 is 1.38 bits per heavy atom. The van der Waals surface area contributed by atoms with E-state index in [-0.39, 0.29) is 0 Å².